The number of alkyl halides is 3. The topological polar surface area (TPSA) is 85.6 Å². The normalized spacial score (nSPS) is 12.6. The lowest BCUT2D eigenvalue weighted by molar-refractivity contribution is -0.141. The molecule has 194 valence electrons. The van der Waals surface area contributed by atoms with Crippen molar-refractivity contribution in [1.29, 1.82) is 0 Å². The van der Waals surface area contributed by atoms with Crippen molar-refractivity contribution in [2.45, 2.75) is 19.1 Å². The van der Waals surface area contributed by atoms with Gasteiger partial charge in [-0.05, 0) is 53.8 Å². The molecule has 6 rings (SSSR count). The van der Waals surface area contributed by atoms with Gasteiger partial charge >= 0.3 is 6.18 Å². The number of benzene rings is 2. The standard InChI is InChI=1S/C28H19F3N6OS/c1-16(36-25-24-26(34-14-33-25)39-15-35-24)21-12-18-6-5-9-20(17-10-11-32-22(13-17)28(29,30)31)23(18)27(38)37(21)19-7-3-2-4-8-19/h2-16H,1H3,(H,33,34,36). The van der Waals surface area contributed by atoms with Crippen molar-refractivity contribution in [2.24, 2.45) is 0 Å². The van der Waals surface area contributed by atoms with Crippen LogP contribution in [0.5, 0.6) is 0 Å². The number of aromatic nitrogens is 5. The van der Waals surface area contributed by atoms with Crippen molar-refractivity contribution in [2.75, 3.05) is 5.32 Å². The molecule has 2 aromatic carbocycles. The molecule has 4 aromatic heterocycles. The summed E-state index contributed by atoms with van der Waals surface area (Å²) in [5, 5.41) is 4.26. The second-order valence-corrected chi connectivity index (χ2v) is 9.67. The molecule has 6 aromatic rings. The number of thiazole rings is 1. The molecule has 1 unspecified atom stereocenters. The lowest BCUT2D eigenvalue weighted by Gasteiger charge is -2.22. The van der Waals surface area contributed by atoms with Gasteiger partial charge in [0.15, 0.2) is 5.82 Å². The van der Waals surface area contributed by atoms with E-state index in [1.807, 2.05) is 43.3 Å². The number of nitrogens with one attached hydrogen (secondary N) is 1. The molecule has 0 bridgehead atoms. The van der Waals surface area contributed by atoms with Gasteiger partial charge in [-0.15, -0.1) is 11.3 Å². The SMILES string of the molecule is CC(Nc1ncnc2scnc12)c1cc2cccc(-c3ccnc(C(F)(F)F)c3)c2c(=O)n1-c1ccccc1. The highest BCUT2D eigenvalue weighted by atomic mass is 32.1. The first-order valence-corrected chi connectivity index (χ1v) is 12.8. The van der Waals surface area contributed by atoms with E-state index in [1.54, 1.807) is 28.3 Å². The smallest absolute Gasteiger partial charge is 0.360 e. The number of halogens is 3. The zero-order valence-electron chi connectivity index (χ0n) is 20.3. The van der Waals surface area contributed by atoms with E-state index in [4.69, 9.17) is 0 Å². The van der Waals surface area contributed by atoms with Crippen LogP contribution in [0.15, 0.2) is 89.6 Å². The fourth-order valence-corrected chi connectivity index (χ4v) is 5.24. The molecule has 1 atom stereocenters. The van der Waals surface area contributed by atoms with Crippen LogP contribution in [-0.4, -0.2) is 24.5 Å². The maximum atomic E-state index is 14.2. The second-order valence-electron chi connectivity index (χ2n) is 8.84. The molecule has 0 aliphatic carbocycles. The third-order valence-corrected chi connectivity index (χ3v) is 7.12. The zero-order valence-corrected chi connectivity index (χ0v) is 21.2. The van der Waals surface area contributed by atoms with Crippen molar-refractivity contribution in [1.82, 2.24) is 24.5 Å². The van der Waals surface area contributed by atoms with E-state index in [9.17, 15) is 18.0 Å². The monoisotopic (exact) mass is 544 g/mol. The maximum Gasteiger partial charge on any atom is 0.433 e. The minimum Gasteiger partial charge on any atom is -0.360 e. The quantitative estimate of drug-likeness (QED) is 0.262. The first-order chi connectivity index (χ1) is 18.8. The summed E-state index contributed by atoms with van der Waals surface area (Å²) in [5.41, 5.74) is 2.85. The molecule has 0 spiro atoms. The van der Waals surface area contributed by atoms with Crippen LogP contribution in [0.3, 0.4) is 0 Å². The Balaban J connectivity index is 1.56. The lowest BCUT2D eigenvalue weighted by Crippen LogP contribution is -2.26. The van der Waals surface area contributed by atoms with Crippen LogP contribution in [0, 0.1) is 0 Å². The Kier molecular flexibility index (Phi) is 6.07. The van der Waals surface area contributed by atoms with Crippen molar-refractivity contribution in [3.63, 3.8) is 0 Å². The van der Waals surface area contributed by atoms with Crippen molar-refractivity contribution in [3.8, 4) is 16.8 Å². The number of pyridine rings is 2. The van der Waals surface area contributed by atoms with Crippen LogP contribution in [0.1, 0.15) is 24.4 Å². The Labute approximate surface area is 223 Å². The number of nitrogens with zero attached hydrogens (tertiary/aromatic N) is 5. The fourth-order valence-electron chi connectivity index (χ4n) is 4.62. The van der Waals surface area contributed by atoms with Gasteiger partial charge in [-0.25, -0.2) is 15.0 Å². The fraction of sp³-hybridized carbons (Fsp3) is 0.107. The summed E-state index contributed by atoms with van der Waals surface area (Å²) in [6.07, 6.45) is -2.05. The molecular formula is C28H19F3N6OS. The summed E-state index contributed by atoms with van der Waals surface area (Å²) in [4.78, 5) is 31.4. The number of hydrogen-bond acceptors (Lipinski definition) is 7. The van der Waals surface area contributed by atoms with Gasteiger partial charge < -0.3 is 5.32 Å². The van der Waals surface area contributed by atoms with E-state index in [1.165, 1.54) is 23.7 Å². The highest BCUT2D eigenvalue weighted by molar-refractivity contribution is 7.16. The van der Waals surface area contributed by atoms with Gasteiger partial charge in [0.1, 0.15) is 22.4 Å². The van der Waals surface area contributed by atoms with Crippen molar-refractivity contribution in [3.05, 3.63) is 107 Å². The molecule has 0 aliphatic heterocycles. The van der Waals surface area contributed by atoms with E-state index < -0.39 is 17.9 Å². The van der Waals surface area contributed by atoms with Crippen LogP contribution < -0.4 is 10.9 Å². The highest BCUT2D eigenvalue weighted by Crippen LogP contribution is 2.34. The predicted molar refractivity (Wildman–Crippen MR) is 145 cm³/mol. The number of hydrogen-bond donors (Lipinski definition) is 1. The van der Waals surface area contributed by atoms with Crippen LogP contribution in [0.2, 0.25) is 0 Å². The third kappa shape index (κ3) is 4.50. The molecule has 7 nitrogen and oxygen atoms in total. The number of fused-ring (bicyclic) bond motifs is 2. The van der Waals surface area contributed by atoms with Gasteiger partial charge in [-0.2, -0.15) is 13.2 Å². The summed E-state index contributed by atoms with van der Waals surface area (Å²) in [6, 6.07) is 18.2. The summed E-state index contributed by atoms with van der Waals surface area (Å²) in [6.45, 7) is 1.91. The third-order valence-electron chi connectivity index (χ3n) is 6.38. The van der Waals surface area contributed by atoms with Gasteiger partial charge in [0, 0.05) is 17.6 Å². The summed E-state index contributed by atoms with van der Waals surface area (Å²) < 4.78 is 41.8. The van der Waals surface area contributed by atoms with Gasteiger partial charge in [-0.3, -0.25) is 14.3 Å². The van der Waals surface area contributed by atoms with Gasteiger partial charge in [0.05, 0.1) is 16.9 Å². The Bertz CT molecular complexity index is 1880. The predicted octanol–water partition coefficient (Wildman–Crippen LogP) is 6.64. The molecule has 0 fully saturated rings. The van der Waals surface area contributed by atoms with Gasteiger partial charge in [0.25, 0.3) is 5.56 Å². The van der Waals surface area contributed by atoms with Gasteiger partial charge in [0.2, 0.25) is 0 Å². The van der Waals surface area contributed by atoms with E-state index in [0.717, 1.165) is 17.1 Å². The summed E-state index contributed by atoms with van der Waals surface area (Å²) in [5.74, 6) is 0.533. The highest BCUT2D eigenvalue weighted by Gasteiger charge is 2.32. The first-order valence-electron chi connectivity index (χ1n) is 11.9. The average molecular weight is 545 g/mol. The number of rotatable bonds is 5. The maximum absolute atomic E-state index is 14.2. The number of para-hydroxylation sites is 1. The van der Waals surface area contributed by atoms with Crippen LogP contribution >= 0.6 is 11.3 Å². The van der Waals surface area contributed by atoms with Crippen LogP contribution in [0.25, 0.3) is 37.9 Å². The molecular weight excluding hydrogens is 525 g/mol. The first kappa shape index (κ1) is 24.7. The molecule has 11 heteroatoms. The minimum atomic E-state index is -4.61. The van der Waals surface area contributed by atoms with E-state index in [0.29, 0.717) is 39.1 Å². The molecule has 0 radical (unpaired) electrons. The Morgan fingerprint density at radius 2 is 1.77 bits per heavy atom. The van der Waals surface area contributed by atoms with E-state index in [-0.39, 0.29) is 11.1 Å². The van der Waals surface area contributed by atoms with Crippen molar-refractivity contribution < 1.29 is 13.2 Å². The second kappa shape index (κ2) is 9.59. The summed E-state index contributed by atoms with van der Waals surface area (Å²) >= 11 is 1.40. The average Bonchev–Trinajstić information content (AvgIpc) is 3.43. The Morgan fingerprint density at radius 1 is 0.949 bits per heavy atom. The molecule has 4 heterocycles. The van der Waals surface area contributed by atoms with Crippen molar-refractivity contribution >= 4 is 38.3 Å². The molecule has 39 heavy (non-hydrogen) atoms. The Morgan fingerprint density at radius 3 is 2.56 bits per heavy atom. The zero-order chi connectivity index (χ0) is 27.1. The van der Waals surface area contributed by atoms with Crippen LogP contribution in [-0.2, 0) is 6.18 Å². The van der Waals surface area contributed by atoms with E-state index in [2.05, 4.69) is 25.3 Å². The largest absolute Gasteiger partial charge is 0.433 e. The number of anilines is 1. The summed E-state index contributed by atoms with van der Waals surface area (Å²) in [7, 11) is 0. The molecule has 0 amide bonds. The molecule has 0 saturated carbocycles. The minimum absolute atomic E-state index is 0.255. The Hall–Kier alpha value is -4.64. The van der Waals surface area contributed by atoms with E-state index >= 15 is 0 Å². The molecule has 0 saturated heterocycles. The lowest BCUT2D eigenvalue weighted by atomic mass is 9.98. The molecule has 0 aliphatic rings. The van der Waals surface area contributed by atoms with Gasteiger partial charge in [-0.1, -0.05) is 36.4 Å². The van der Waals surface area contributed by atoms with Crippen LogP contribution in [0.4, 0.5) is 19.0 Å². The molecule has 1 N–H and O–H groups in total.